The summed E-state index contributed by atoms with van der Waals surface area (Å²) >= 11 is 0. The van der Waals surface area contributed by atoms with Crippen molar-refractivity contribution in [1.29, 1.82) is 0 Å². The lowest BCUT2D eigenvalue weighted by Crippen LogP contribution is -2.50. The maximum absolute atomic E-state index is 13.7. The first-order chi connectivity index (χ1) is 38.2. The first kappa shape index (κ1) is 59.5. The largest absolute Gasteiger partial charge is 0.860 e. The van der Waals surface area contributed by atoms with E-state index in [0.717, 1.165) is 0 Å². The Balaban J connectivity index is 0.000000180. The molecule has 0 radical (unpaired) electrons. The Labute approximate surface area is 461 Å². The highest BCUT2D eigenvalue weighted by molar-refractivity contribution is 7.96. The highest BCUT2D eigenvalue weighted by Gasteiger charge is 2.49. The summed E-state index contributed by atoms with van der Waals surface area (Å²) in [4.78, 5) is 51.1. The van der Waals surface area contributed by atoms with Gasteiger partial charge in [0.05, 0.1) is 16.9 Å². The van der Waals surface area contributed by atoms with Gasteiger partial charge in [-0.2, -0.15) is 26.3 Å². The predicted molar refractivity (Wildman–Crippen MR) is 304 cm³/mol. The molecular weight excluding hydrogens is 1070 g/mol. The van der Waals surface area contributed by atoms with Crippen LogP contribution < -0.4 is 46.5 Å². The Kier molecular flexibility index (Phi) is 19.9. The van der Waals surface area contributed by atoms with E-state index in [0.29, 0.717) is 34.6 Å². The first-order valence-electron chi connectivity index (χ1n) is 24.9. The van der Waals surface area contributed by atoms with Crippen molar-refractivity contribution >= 4 is 76.8 Å². The Morgan fingerprint density at radius 3 is 0.850 bits per heavy atom. The van der Waals surface area contributed by atoms with Gasteiger partial charge in [-0.1, -0.05) is 146 Å². The third kappa shape index (κ3) is 14.8. The molecule has 0 aliphatic carbocycles. The molecule has 0 unspecified atom stereocenters. The number of alkyl halides is 6. The van der Waals surface area contributed by atoms with Crippen molar-refractivity contribution in [2.45, 2.75) is 26.2 Å². The molecular formula is C64H51BF6O7P2. The van der Waals surface area contributed by atoms with Crippen LogP contribution in [0.2, 0.25) is 0 Å². The molecule has 0 saturated carbocycles. The van der Waals surface area contributed by atoms with Crippen molar-refractivity contribution < 1.29 is 60.2 Å². The predicted octanol–water partition coefficient (Wildman–Crippen LogP) is 10.9. The van der Waals surface area contributed by atoms with Gasteiger partial charge in [0, 0.05) is 22.3 Å². The average Bonchev–Trinajstić information content (AvgIpc) is 3.64. The normalized spacial score (nSPS) is 11.4. The summed E-state index contributed by atoms with van der Waals surface area (Å²) in [5.41, 5.74) is -1.02. The smallest absolute Gasteiger partial charge is 0.416 e. The second-order valence-electron chi connectivity index (χ2n) is 18.2. The Bertz CT molecular complexity index is 3100. The van der Waals surface area contributed by atoms with Crippen LogP contribution in [-0.4, -0.2) is 42.8 Å². The lowest BCUT2D eigenvalue weighted by atomic mass is 10.1. The van der Waals surface area contributed by atoms with E-state index in [1.54, 1.807) is 36.4 Å². The lowest BCUT2D eigenvalue weighted by Gasteiger charge is -2.27. The van der Waals surface area contributed by atoms with Crippen molar-refractivity contribution in [3.63, 3.8) is 0 Å². The Hall–Kier alpha value is -8.12. The maximum Gasteiger partial charge on any atom is 0.416 e. The van der Waals surface area contributed by atoms with Crippen LogP contribution in [0.4, 0.5) is 26.3 Å². The van der Waals surface area contributed by atoms with Crippen molar-refractivity contribution in [3.8, 4) is 5.75 Å². The minimum atomic E-state index is -5.05. The molecule has 9 rings (SSSR count). The fourth-order valence-electron chi connectivity index (χ4n) is 9.08. The number of carbonyl (C=O) groups excluding carboxylic acids is 4. The third-order valence-corrected chi connectivity index (χ3v) is 21.5. The Morgan fingerprint density at radius 1 is 0.375 bits per heavy atom. The number of Topliss-reactive ketones (excluding diaryl/α,β-unsaturated/α-hetero) is 4. The van der Waals surface area contributed by atoms with Crippen LogP contribution in [0.3, 0.4) is 0 Å². The zero-order valence-electron chi connectivity index (χ0n) is 43.2. The zero-order valence-corrected chi connectivity index (χ0v) is 45.0. The molecule has 16 heteroatoms. The molecule has 0 saturated heterocycles. The summed E-state index contributed by atoms with van der Waals surface area (Å²) in [6, 6.07) is 76.4. The lowest BCUT2D eigenvalue weighted by molar-refractivity contribution is -0.372. The first-order valence-corrected chi connectivity index (χ1v) is 28.8. The average molecular weight is 1120 g/mol. The van der Waals surface area contributed by atoms with Gasteiger partial charge in [-0.3, -0.25) is 19.2 Å². The minimum Gasteiger partial charge on any atom is -0.860 e. The summed E-state index contributed by atoms with van der Waals surface area (Å²) < 4.78 is 77.5. The molecule has 0 fully saturated rings. The van der Waals surface area contributed by atoms with Crippen molar-refractivity contribution in [2.75, 3.05) is 12.3 Å². The van der Waals surface area contributed by atoms with Gasteiger partial charge in [-0.25, -0.2) is 0 Å². The summed E-state index contributed by atoms with van der Waals surface area (Å²) in [5.74, 6) is -1.05. The number of rotatable bonds is 16. The topological polar surface area (TPSA) is 124 Å². The molecule has 9 aromatic rings. The quantitative estimate of drug-likeness (QED) is 0.0408. The van der Waals surface area contributed by atoms with Crippen LogP contribution in [0.5, 0.6) is 5.75 Å². The highest BCUT2D eigenvalue weighted by atomic mass is 31.2. The standard InChI is InChI=1S/2C28H24O2P.C8H3BF6O3/c2*1-22(29)23-12-11-13-24(20-23)28(30)21-31(25-14-5-2-6-15-25,26-16-7-3-8-17-26)27-18-9-4-10-19-27;10-7(11,12)4-1-5(8(13,14)15)3-6(2-4)18-9(16)17/h2*2-20H,21H2,1H3;1-3H/q2*+1;-2. The molecule has 7 nitrogen and oxygen atoms in total. The van der Waals surface area contributed by atoms with Crippen LogP contribution in [-0.2, 0) is 12.4 Å². The number of ketones is 4. The van der Waals surface area contributed by atoms with Gasteiger partial charge < -0.3 is 14.7 Å². The minimum absolute atomic E-state index is 0.0371. The van der Waals surface area contributed by atoms with Gasteiger partial charge in [-0.15, -0.1) is 0 Å². The number of hydrogen-bond donors (Lipinski definition) is 0. The van der Waals surface area contributed by atoms with E-state index in [2.05, 4.69) is 77.5 Å². The molecule has 0 aliphatic rings. The van der Waals surface area contributed by atoms with Gasteiger partial charge in [0.15, 0.2) is 11.6 Å². The van der Waals surface area contributed by atoms with Gasteiger partial charge >= 0.3 is 12.4 Å². The van der Waals surface area contributed by atoms with E-state index < -0.39 is 51.1 Å². The van der Waals surface area contributed by atoms with Gasteiger partial charge in [-0.05, 0) is 117 Å². The summed E-state index contributed by atoms with van der Waals surface area (Å²) in [6.07, 6.45) is -9.37. The summed E-state index contributed by atoms with van der Waals surface area (Å²) in [7, 11) is -7.52. The molecule has 0 aromatic heterocycles. The molecule has 0 heterocycles. The molecule has 0 spiro atoms. The highest BCUT2D eigenvalue weighted by Crippen LogP contribution is 2.57. The molecule has 80 heavy (non-hydrogen) atoms. The molecule has 404 valence electrons. The van der Waals surface area contributed by atoms with E-state index in [1.807, 2.05) is 121 Å². The second-order valence-corrected chi connectivity index (χ2v) is 25.2. The van der Waals surface area contributed by atoms with Crippen LogP contribution in [0.25, 0.3) is 0 Å². The van der Waals surface area contributed by atoms with Gasteiger partial charge in [0.1, 0.15) is 66.0 Å². The van der Waals surface area contributed by atoms with Crippen LogP contribution in [0.1, 0.15) is 66.4 Å². The van der Waals surface area contributed by atoms with Crippen LogP contribution in [0, 0.1) is 0 Å². The number of hydrogen-bond acceptors (Lipinski definition) is 7. The SMILES string of the molecule is CC(=O)c1cccc(C(=O)C[P+](c2ccccc2)(c2ccccc2)c2ccccc2)c1.CC(=O)c1cccc(C(=O)C[P+](c2ccccc2)(c2ccccc2)c2ccccc2)c1.[O-]B([O-])Oc1cc(C(F)(F)F)cc(C(F)(F)F)c1. The molecule has 0 atom stereocenters. The van der Waals surface area contributed by atoms with E-state index in [1.165, 1.54) is 45.7 Å². The molecule has 0 bridgehead atoms. The van der Waals surface area contributed by atoms with E-state index in [9.17, 15) is 55.6 Å². The molecule has 9 aromatic carbocycles. The van der Waals surface area contributed by atoms with Gasteiger partial charge in [0.25, 0.3) is 0 Å². The third-order valence-electron chi connectivity index (χ3n) is 12.9. The van der Waals surface area contributed by atoms with Crippen LogP contribution in [0.15, 0.2) is 249 Å². The number of carbonyl (C=O) groups is 4. The van der Waals surface area contributed by atoms with Crippen LogP contribution >= 0.6 is 14.5 Å². The van der Waals surface area contributed by atoms with Crippen molar-refractivity contribution in [3.05, 3.63) is 282 Å². The van der Waals surface area contributed by atoms with E-state index in [4.69, 9.17) is 0 Å². The fraction of sp³-hybridized carbons (Fsp3) is 0.0938. The van der Waals surface area contributed by atoms with Gasteiger partial charge in [0.2, 0.25) is 11.6 Å². The number of halogens is 6. The summed E-state index contributed by atoms with van der Waals surface area (Å²) in [6.45, 7) is 3.05. The summed E-state index contributed by atoms with van der Waals surface area (Å²) in [5, 5.41) is 27.2. The zero-order chi connectivity index (χ0) is 57.5. The second kappa shape index (κ2) is 26.7. The van der Waals surface area contributed by atoms with Crippen molar-refractivity contribution in [2.24, 2.45) is 0 Å². The molecule has 0 N–H and O–H groups in total. The van der Waals surface area contributed by atoms with Crippen molar-refractivity contribution in [1.82, 2.24) is 0 Å². The molecule has 0 aliphatic heterocycles. The molecule has 0 amide bonds. The number of benzene rings is 9. The van der Waals surface area contributed by atoms with E-state index in [-0.39, 0.29) is 41.3 Å². The van der Waals surface area contributed by atoms with E-state index >= 15 is 0 Å². The Morgan fingerprint density at radius 2 is 0.625 bits per heavy atom. The maximum atomic E-state index is 13.7. The monoisotopic (exact) mass is 1120 g/mol. The fourth-order valence-corrected chi connectivity index (χ4v) is 17.3.